The lowest BCUT2D eigenvalue weighted by Gasteiger charge is -2.37. The third kappa shape index (κ3) is 6.89. The predicted octanol–water partition coefficient (Wildman–Crippen LogP) is 0.934. The van der Waals surface area contributed by atoms with E-state index in [2.05, 4.69) is 22.9 Å². The first kappa shape index (κ1) is 16.4. The van der Waals surface area contributed by atoms with Gasteiger partial charge in [0.15, 0.2) is 0 Å². The smallest absolute Gasteiger partial charge is 0.110 e. The molecular weight excluding hydrogens is 245 g/mol. The third-order valence-electron chi connectivity index (χ3n) is 3.34. The Morgan fingerprint density at radius 2 is 2.11 bits per heavy atom. The van der Waals surface area contributed by atoms with Crippen molar-refractivity contribution in [3.63, 3.8) is 0 Å². The van der Waals surface area contributed by atoms with Gasteiger partial charge in [-0.3, -0.25) is 0 Å². The highest BCUT2D eigenvalue weighted by Crippen LogP contribution is 2.07. The first-order chi connectivity index (χ1) is 9.20. The van der Waals surface area contributed by atoms with Crippen molar-refractivity contribution in [1.82, 2.24) is 16.0 Å². The van der Waals surface area contributed by atoms with Crippen molar-refractivity contribution >= 4 is 0 Å². The van der Waals surface area contributed by atoms with Gasteiger partial charge in [0.2, 0.25) is 0 Å². The molecule has 0 radical (unpaired) electrons. The Morgan fingerprint density at radius 1 is 1.37 bits per heavy atom. The number of allylic oxidation sites excluding steroid dienone is 2. The molecule has 0 aliphatic carbocycles. The van der Waals surface area contributed by atoms with Crippen LogP contribution in [0.3, 0.4) is 0 Å². The van der Waals surface area contributed by atoms with Crippen LogP contribution in [0.25, 0.3) is 0 Å². The molecule has 0 saturated carbocycles. The van der Waals surface area contributed by atoms with E-state index in [1.54, 1.807) is 6.08 Å². The molecule has 112 valence electrons. The molecule has 4 N–H and O–H groups in total. The quantitative estimate of drug-likeness (QED) is 0.423. The molecule has 1 rings (SSSR count). The second-order valence-electron chi connectivity index (χ2n) is 5.27. The fraction of sp³-hybridized carbons (Fsp3) is 0.857. The van der Waals surface area contributed by atoms with Crippen molar-refractivity contribution in [3.05, 3.63) is 11.8 Å². The van der Waals surface area contributed by atoms with E-state index in [1.807, 2.05) is 0 Å². The Bertz CT molecular complexity index is 267. The van der Waals surface area contributed by atoms with Crippen molar-refractivity contribution in [2.75, 3.05) is 39.4 Å². The molecule has 1 aliphatic heterocycles. The molecule has 1 fully saturated rings. The number of hydrogen-bond acceptors (Lipinski definition) is 4. The summed E-state index contributed by atoms with van der Waals surface area (Å²) in [5.41, 5.74) is 0.490. The molecular formula is C14H28FN3O. The summed E-state index contributed by atoms with van der Waals surface area (Å²) >= 11 is 0. The maximum Gasteiger partial charge on any atom is 0.110 e. The number of unbranched alkanes of at least 4 members (excludes halogenated alkanes) is 1. The van der Waals surface area contributed by atoms with Gasteiger partial charge >= 0.3 is 0 Å². The van der Waals surface area contributed by atoms with Crippen LogP contribution in [-0.4, -0.2) is 50.1 Å². The molecule has 1 aliphatic rings. The van der Waals surface area contributed by atoms with Gasteiger partial charge in [0.1, 0.15) is 12.3 Å². The average Bonchev–Trinajstić information content (AvgIpc) is 2.36. The summed E-state index contributed by atoms with van der Waals surface area (Å²) < 4.78 is 12.2. The summed E-state index contributed by atoms with van der Waals surface area (Å²) in [5, 5.41) is 19.4. The van der Waals surface area contributed by atoms with Crippen molar-refractivity contribution in [3.8, 4) is 0 Å². The standard InChI is InChI=1S/C14H28FN3O/c1-2-5-13(6-7-15)18-9-4-3-8-16-10-14(19)11-17-12-14/h6,16-19H,2-5,7-12H2,1H3/b13-6+. The highest BCUT2D eigenvalue weighted by molar-refractivity contribution is 4.99. The van der Waals surface area contributed by atoms with Crippen LogP contribution in [0.4, 0.5) is 4.39 Å². The van der Waals surface area contributed by atoms with E-state index in [4.69, 9.17) is 0 Å². The summed E-state index contributed by atoms with van der Waals surface area (Å²) in [7, 11) is 0. The molecule has 0 spiro atoms. The van der Waals surface area contributed by atoms with E-state index in [0.717, 1.165) is 44.5 Å². The summed E-state index contributed by atoms with van der Waals surface area (Å²) in [6.45, 7) is 5.55. The molecule has 4 nitrogen and oxygen atoms in total. The van der Waals surface area contributed by atoms with Crippen LogP contribution in [0, 0.1) is 0 Å². The number of halogens is 1. The highest BCUT2D eigenvalue weighted by Gasteiger charge is 2.33. The van der Waals surface area contributed by atoms with Gasteiger partial charge in [-0.1, -0.05) is 13.3 Å². The normalized spacial score (nSPS) is 18.2. The Labute approximate surface area is 115 Å². The maximum absolute atomic E-state index is 12.2. The van der Waals surface area contributed by atoms with E-state index in [0.29, 0.717) is 19.6 Å². The molecule has 0 unspecified atom stereocenters. The summed E-state index contributed by atoms with van der Waals surface area (Å²) in [4.78, 5) is 0. The number of aliphatic hydroxyl groups is 1. The monoisotopic (exact) mass is 273 g/mol. The van der Waals surface area contributed by atoms with Crippen LogP contribution in [0.2, 0.25) is 0 Å². The second-order valence-corrected chi connectivity index (χ2v) is 5.27. The van der Waals surface area contributed by atoms with Crippen LogP contribution in [0.5, 0.6) is 0 Å². The number of β-amino-alcohol motifs (C(OH)–C–C–N with tert-alkyl or cyclic N) is 1. The lowest BCUT2D eigenvalue weighted by atomic mass is 9.97. The van der Waals surface area contributed by atoms with Crippen LogP contribution < -0.4 is 16.0 Å². The predicted molar refractivity (Wildman–Crippen MR) is 76.9 cm³/mol. The van der Waals surface area contributed by atoms with Crippen LogP contribution in [0.15, 0.2) is 11.8 Å². The molecule has 0 atom stereocenters. The molecule has 5 heteroatoms. The maximum atomic E-state index is 12.2. The average molecular weight is 273 g/mol. The minimum absolute atomic E-state index is 0.392. The molecule has 19 heavy (non-hydrogen) atoms. The number of hydrogen-bond donors (Lipinski definition) is 4. The van der Waals surface area contributed by atoms with Gasteiger partial charge in [-0.2, -0.15) is 0 Å². The second kappa shape index (κ2) is 9.28. The van der Waals surface area contributed by atoms with E-state index in [9.17, 15) is 9.50 Å². The van der Waals surface area contributed by atoms with Crippen molar-refractivity contribution in [2.45, 2.75) is 38.2 Å². The van der Waals surface area contributed by atoms with Crippen LogP contribution in [0.1, 0.15) is 32.6 Å². The SMILES string of the molecule is CCC/C(=C\CF)NCCCCNCC1(O)CNC1. The molecule has 0 aromatic rings. The van der Waals surface area contributed by atoms with Gasteiger partial charge in [-0.05, 0) is 31.9 Å². The van der Waals surface area contributed by atoms with E-state index >= 15 is 0 Å². The van der Waals surface area contributed by atoms with Crippen molar-refractivity contribution in [1.29, 1.82) is 0 Å². The summed E-state index contributed by atoms with van der Waals surface area (Å²) in [6, 6.07) is 0. The zero-order valence-corrected chi connectivity index (χ0v) is 12.0. The Hall–Kier alpha value is -0.650. The van der Waals surface area contributed by atoms with E-state index < -0.39 is 12.3 Å². The largest absolute Gasteiger partial charge is 0.389 e. The van der Waals surface area contributed by atoms with Gasteiger partial charge in [-0.15, -0.1) is 0 Å². The Morgan fingerprint density at radius 3 is 2.68 bits per heavy atom. The minimum atomic E-state index is -0.531. The number of nitrogens with one attached hydrogen (secondary N) is 3. The van der Waals surface area contributed by atoms with Gasteiger partial charge < -0.3 is 21.1 Å². The highest BCUT2D eigenvalue weighted by atomic mass is 19.1. The molecule has 0 bridgehead atoms. The molecule has 1 saturated heterocycles. The first-order valence-electron chi connectivity index (χ1n) is 7.33. The third-order valence-corrected chi connectivity index (χ3v) is 3.34. The minimum Gasteiger partial charge on any atom is -0.389 e. The van der Waals surface area contributed by atoms with Gasteiger partial charge in [0.05, 0.1) is 0 Å². The molecule has 0 aromatic heterocycles. The van der Waals surface area contributed by atoms with Gasteiger partial charge in [0.25, 0.3) is 0 Å². The molecule has 0 amide bonds. The number of rotatable bonds is 11. The Kier molecular flexibility index (Phi) is 8.02. The van der Waals surface area contributed by atoms with Crippen molar-refractivity contribution < 1.29 is 9.50 Å². The fourth-order valence-corrected chi connectivity index (χ4v) is 2.11. The van der Waals surface area contributed by atoms with Crippen molar-refractivity contribution in [2.24, 2.45) is 0 Å². The number of alkyl halides is 1. The fourth-order valence-electron chi connectivity index (χ4n) is 2.11. The van der Waals surface area contributed by atoms with E-state index in [-0.39, 0.29) is 0 Å². The van der Waals surface area contributed by atoms with Gasteiger partial charge in [-0.25, -0.2) is 4.39 Å². The molecule has 0 aromatic carbocycles. The summed E-state index contributed by atoms with van der Waals surface area (Å²) in [5.74, 6) is 0. The van der Waals surface area contributed by atoms with E-state index in [1.165, 1.54) is 0 Å². The zero-order valence-electron chi connectivity index (χ0n) is 12.0. The first-order valence-corrected chi connectivity index (χ1v) is 7.33. The van der Waals surface area contributed by atoms with Gasteiger partial charge in [0, 0.05) is 31.9 Å². The Balaban J connectivity index is 1.93. The topological polar surface area (TPSA) is 56.3 Å². The summed E-state index contributed by atoms with van der Waals surface area (Å²) in [6.07, 6.45) is 5.69. The van der Waals surface area contributed by atoms with Crippen LogP contribution in [-0.2, 0) is 0 Å². The lowest BCUT2D eigenvalue weighted by Crippen LogP contribution is -2.64. The zero-order chi connectivity index (χ0) is 14.0. The van der Waals surface area contributed by atoms with Crippen LogP contribution >= 0.6 is 0 Å². The molecule has 1 heterocycles. The lowest BCUT2D eigenvalue weighted by molar-refractivity contribution is -0.00822.